The molecule has 19 heavy (non-hydrogen) atoms. The molecule has 2 N–H and O–H groups in total. The van der Waals surface area contributed by atoms with E-state index in [1.165, 1.54) is 12.1 Å². The van der Waals surface area contributed by atoms with Crippen molar-refractivity contribution in [3.05, 3.63) is 63.0 Å². The summed E-state index contributed by atoms with van der Waals surface area (Å²) in [5.41, 5.74) is 1.74. The van der Waals surface area contributed by atoms with Gasteiger partial charge < -0.3 is 10.4 Å². The Morgan fingerprint density at radius 1 is 1.26 bits per heavy atom. The van der Waals surface area contributed by atoms with Gasteiger partial charge in [-0.2, -0.15) is 0 Å². The predicted octanol–water partition coefficient (Wildman–Crippen LogP) is 3.74. The molecule has 0 atom stereocenters. The van der Waals surface area contributed by atoms with Crippen molar-refractivity contribution >= 4 is 34.2 Å². The second kappa shape index (κ2) is 6.01. The van der Waals surface area contributed by atoms with E-state index in [4.69, 9.17) is 5.11 Å². The highest BCUT2D eigenvalue weighted by Gasteiger charge is 2.09. The van der Waals surface area contributed by atoms with Crippen molar-refractivity contribution in [3.8, 4) is 0 Å². The van der Waals surface area contributed by atoms with Gasteiger partial charge in [-0.1, -0.05) is 18.2 Å². The molecular weight excluding hydrogens is 360 g/mol. The fourth-order valence-corrected chi connectivity index (χ4v) is 2.37. The number of rotatable bonds is 4. The van der Waals surface area contributed by atoms with Crippen LogP contribution in [-0.2, 0) is 6.54 Å². The van der Waals surface area contributed by atoms with E-state index in [9.17, 15) is 9.18 Å². The molecule has 0 amide bonds. The third kappa shape index (κ3) is 3.44. The molecule has 0 radical (unpaired) electrons. The van der Waals surface area contributed by atoms with Crippen LogP contribution in [0.25, 0.3) is 0 Å². The number of benzene rings is 2. The lowest BCUT2D eigenvalue weighted by molar-refractivity contribution is 0.0696. The van der Waals surface area contributed by atoms with Crippen molar-refractivity contribution in [1.82, 2.24) is 0 Å². The molecular formula is C14H11FINO2. The molecule has 0 heterocycles. The summed E-state index contributed by atoms with van der Waals surface area (Å²) in [6.07, 6.45) is 0. The first kappa shape index (κ1) is 13.8. The summed E-state index contributed by atoms with van der Waals surface area (Å²) in [7, 11) is 0. The van der Waals surface area contributed by atoms with Crippen LogP contribution in [-0.4, -0.2) is 11.1 Å². The summed E-state index contributed by atoms with van der Waals surface area (Å²) in [5, 5.41) is 12.2. The zero-order valence-corrected chi connectivity index (χ0v) is 12.0. The predicted molar refractivity (Wildman–Crippen MR) is 79.8 cm³/mol. The van der Waals surface area contributed by atoms with Gasteiger partial charge in [-0.25, -0.2) is 9.18 Å². The molecule has 2 aromatic carbocycles. The molecule has 2 rings (SSSR count). The van der Waals surface area contributed by atoms with Gasteiger partial charge in [-0.05, 0) is 52.4 Å². The van der Waals surface area contributed by atoms with Crippen LogP contribution in [0.3, 0.4) is 0 Å². The first-order chi connectivity index (χ1) is 9.08. The van der Waals surface area contributed by atoms with Gasteiger partial charge in [0.1, 0.15) is 5.82 Å². The fourth-order valence-electron chi connectivity index (χ4n) is 1.71. The van der Waals surface area contributed by atoms with Crippen LogP contribution in [0.4, 0.5) is 10.1 Å². The van der Waals surface area contributed by atoms with E-state index >= 15 is 0 Å². The second-order valence-electron chi connectivity index (χ2n) is 3.94. The molecule has 0 aliphatic carbocycles. The van der Waals surface area contributed by atoms with Gasteiger partial charge in [0.15, 0.2) is 0 Å². The first-order valence-electron chi connectivity index (χ1n) is 5.58. The van der Waals surface area contributed by atoms with E-state index < -0.39 is 5.97 Å². The Morgan fingerprint density at radius 2 is 2.00 bits per heavy atom. The van der Waals surface area contributed by atoms with Crippen molar-refractivity contribution in [3.63, 3.8) is 0 Å². The third-order valence-corrected chi connectivity index (χ3v) is 3.54. The van der Waals surface area contributed by atoms with Crippen molar-refractivity contribution in [2.24, 2.45) is 0 Å². The van der Waals surface area contributed by atoms with Crippen LogP contribution in [0.2, 0.25) is 0 Å². The van der Waals surface area contributed by atoms with Gasteiger partial charge in [0.05, 0.1) is 5.56 Å². The Labute approximate surface area is 123 Å². The average Bonchev–Trinajstić information content (AvgIpc) is 2.38. The standard InChI is InChI=1S/C14H11FINO2/c15-10-5-6-13(12(16)7-10)17-8-9-3-1-2-4-11(9)14(18)19/h1-7,17H,8H2,(H,18,19). The van der Waals surface area contributed by atoms with E-state index in [2.05, 4.69) is 5.32 Å². The number of halogens is 2. The second-order valence-corrected chi connectivity index (χ2v) is 5.10. The highest BCUT2D eigenvalue weighted by molar-refractivity contribution is 14.1. The molecule has 0 bridgehead atoms. The van der Waals surface area contributed by atoms with Crippen LogP contribution in [0.1, 0.15) is 15.9 Å². The summed E-state index contributed by atoms with van der Waals surface area (Å²) in [6, 6.07) is 11.2. The minimum absolute atomic E-state index is 0.270. The lowest BCUT2D eigenvalue weighted by Crippen LogP contribution is -2.07. The highest BCUT2D eigenvalue weighted by atomic mass is 127. The van der Waals surface area contributed by atoms with E-state index in [1.807, 2.05) is 22.6 Å². The minimum Gasteiger partial charge on any atom is -0.478 e. The highest BCUT2D eigenvalue weighted by Crippen LogP contribution is 2.20. The van der Waals surface area contributed by atoms with Gasteiger partial charge in [-0.3, -0.25) is 0 Å². The molecule has 0 spiro atoms. The molecule has 3 nitrogen and oxygen atoms in total. The minimum atomic E-state index is -0.953. The molecule has 0 saturated carbocycles. The van der Waals surface area contributed by atoms with Crippen LogP contribution in [0.5, 0.6) is 0 Å². The number of carboxylic acid groups (broad SMARTS) is 1. The van der Waals surface area contributed by atoms with Gasteiger partial charge in [0, 0.05) is 15.8 Å². The number of carbonyl (C=O) groups is 1. The summed E-state index contributed by atoms with van der Waals surface area (Å²) in [4.78, 5) is 11.1. The first-order valence-corrected chi connectivity index (χ1v) is 6.66. The third-order valence-electron chi connectivity index (χ3n) is 2.65. The number of hydrogen-bond acceptors (Lipinski definition) is 2. The Morgan fingerprint density at radius 3 is 2.68 bits per heavy atom. The van der Waals surface area contributed by atoms with Gasteiger partial charge >= 0.3 is 5.97 Å². The van der Waals surface area contributed by atoms with Gasteiger partial charge in [0.25, 0.3) is 0 Å². The molecule has 98 valence electrons. The molecule has 2 aromatic rings. The maximum atomic E-state index is 13.0. The SMILES string of the molecule is O=C(O)c1ccccc1CNc1ccc(F)cc1I. The van der Waals surface area contributed by atoms with Gasteiger partial charge in [-0.15, -0.1) is 0 Å². The van der Waals surface area contributed by atoms with Crippen molar-refractivity contribution in [2.75, 3.05) is 5.32 Å². The lowest BCUT2D eigenvalue weighted by Gasteiger charge is -2.10. The molecule has 5 heteroatoms. The summed E-state index contributed by atoms with van der Waals surface area (Å²) in [6.45, 7) is 0.379. The molecule has 0 aliphatic rings. The van der Waals surface area contributed by atoms with Crippen molar-refractivity contribution in [1.29, 1.82) is 0 Å². The molecule has 0 unspecified atom stereocenters. The number of nitrogens with one attached hydrogen (secondary N) is 1. The van der Waals surface area contributed by atoms with E-state index in [0.717, 1.165) is 9.26 Å². The zero-order valence-electron chi connectivity index (χ0n) is 9.86. The molecule has 0 aliphatic heterocycles. The Balaban J connectivity index is 2.17. The maximum absolute atomic E-state index is 13.0. The number of hydrogen-bond donors (Lipinski definition) is 2. The molecule has 0 fully saturated rings. The van der Waals surface area contributed by atoms with E-state index in [-0.39, 0.29) is 11.4 Å². The normalized spacial score (nSPS) is 10.2. The summed E-state index contributed by atoms with van der Waals surface area (Å²) in [5.74, 6) is -1.24. The largest absolute Gasteiger partial charge is 0.478 e. The van der Waals surface area contributed by atoms with Crippen LogP contribution >= 0.6 is 22.6 Å². The van der Waals surface area contributed by atoms with Crippen LogP contribution in [0.15, 0.2) is 42.5 Å². The van der Waals surface area contributed by atoms with Gasteiger partial charge in [0.2, 0.25) is 0 Å². The Bertz CT molecular complexity index is 616. The Hall–Kier alpha value is -1.63. The fraction of sp³-hybridized carbons (Fsp3) is 0.0714. The summed E-state index contributed by atoms with van der Waals surface area (Å²) >= 11 is 2.03. The number of anilines is 1. The van der Waals surface area contributed by atoms with Crippen molar-refractivity contribution < 1.29 is 14.3 Å². The average molecular weight is 371 g/mol. The van der Waals surface area contributed by atoms with Crippen LogP contribution in [0, 0.1) is 9.39 Å². The zero-order chi connectivity index (χ0) is 13.8. The molecule has 0 saturated heterocycles. The lowest BCUT2D eigenvalue weighted by atomic mass is 10.1. The number of aromatic carboxylic acids is 1. The smallest absolute Gasteiger partial charge is 0.336 e. The maximum Gasteiger partial charge on any atom is 0.336 e. The van der Waals surface area contributed by atoms with E-state index in [1.54, 1.807) is 30.3 Å². The topological polar surface area (TPSA) is 49.3 Å². The quantitative estimate of drug-likeness (QED) is 0.806. The van der Waals surface area contributed by atoms with Crippen molar-refractivity contribution in [2.45, 2.75) is 6.54 Å². The number of carboxylic acids is 1. The summed E-state index contributed by atoms with van der Waals surface area (Å²) < 4.78 is 13.7. The van der Waals surface area contributed by atoms with Crippen LogP contribution < -0.4 is 5.32 Å². The van der Waals surface area contributed by atoms with E-state index in [0.29, 0.717) is 12.1 Å². The monoisotopic (exact) mass is 371 g/mol. The Kier molecular flexibility index (Phi) is 4.36. The molecule has 0 aromatic heterocycles.